The maximum Gasteiger partial charge on any atom is 0.252 e. The summed E-state index contributed by atoms with van der Waals surface area (Å²) >= 11 is 0. The molecule has 0 radical (unpaired) electrons. The third-order valence-corrected chi connectivity index (χ3v) is 2.81. The van der Waals surface area contributed by atoms with Gasteiger partial charge >= 0.3 is 0 Å². The predicted octanol–water partition coefficient (Wildman–Crippen LogP) is 2.72. The zero-order chi connectivity index (χ0) is 11.3. The molecular formula is C11H12F3N. The SMILES string of the molecule is Cc1ccc(C2(N)CC(F)(F)C2)c(F)c1. The quantitative estimate of drug-likeness (QED) is 0.765. The molecule has 2 rings (SSSR count). The Morgan fingerprint density at radius 1 is 1.27 bits per heavy atom. The normalized spacial score (nSPS) is 22.2. The molecule has 15 heavy (non-hydrogen) atoms. The molecule has 2 N–H and O–H groups in total. The van der Waals surface area contributed by atoms with E-state index < -0.39 is 30.1 Å². The molecule has 82 valence electrons. The van der Waals surface area contributed by atoms with Gasteiger partial charge in [0, 0.05) is 18.4 Å². The molecule has 0 saturated heterocycles. The van der Waals surface area contributed by atoms with Gasteiger partial charge in [-0.3, -0.25) is 0 Å². The Bertz CT molecular complexity index is 393. The molecule has 1 aliphatic rings. The van der Waals surface area contributed by atoms with Crippen molar-refractivity contribution < 1.29 is 13.2 Å². The lowest BCUT2D eigenvalue weighted by atomic mass is 9.69. The van der Waals surface area contributed by atoms with Crippen LogP contribution in [0, 0.1) is 12.7 Å². The molecule has 1 aromatic carbocycles. The Hall–Kier alpha value is -1.03. The van der Waals surface area contributed by atoms with E-state index in [1.807, 2.05) is 0 Å². The summed E-state index contributed by atoms with van der Waals surface area (Å²) in [6.45, 7) is 1.74. The summed E-state index contributed by atoms with van der Waals surface area (Å²) in [7, 11) is 0. The fourth-order valence-electron chi connectivity index (χ4n) is 2.09. The molecule has 0 heterocycles. The molecule has 0 aliphatic heterocycles. The van der Waals surface area contributed by atoms with Crippen molar-refractivity contribution in [3.63, 3.8) is 0 Å². The molecule has 0 spiro atoms. The van der Waals surface area contributed by atoms with Crippen molar-refractivity contribution in [1.29, 1.82) is 0 Å². The lowest BCUT2D eigenvalue weighted by molar-refractivity contribution is -0.125. The lowest BCUT2D eigenvalue weighted by Gasteiger charge is -2.44. The Labute approximate surface area is 86.1 Å². The van der Waals surface area contributed by atoms with Crippen LogP contribution in [0.5, 0.6) is 0 Å². The summed E-state index contributed by atoms with van der Waals surface area (Å²) in [5.74, 6) is -3.24. The minimum atomic E-state index is -2.74. The van der Waals surface area contributed by atoms with Crippen molar-refractivity contribution in [2.45, 2.75) is 31.2 Å². The van der Waals surface area contributed by atoms with Crippen LogP contribution >= 0.6 is 0 Å². The molecule has 4 heteroatoms. The van der Waals surface area contributed by atoms with Crippen LogP contribution in [0.25, 0.3) is 0 Å². The number of hydrogen-bond donors (Lipinski definition) is 1. The molecule has 0 aromatic heterocycles. The summed E-state index contributed by atoms with van der Waals surface area (Å²) in [6, 6.07) is 4.50. The Morgan fingerprint density at radius 3 is 2.33 bits per heavy atom. The number of rotatable bonds is 1. The Balaban J connectivity index is 2.32. The average Bonchev–Trinajstić information content (AvgIpc) is 1.98. The summed E-state index contributed by atoms with van der Waals surface area (Å²) < 4.78 is 38.9. The van der Waals surface area contributed by atoms with Crippen LogP contribution in [0.15, 0.2) is 18.2 Å². The van der Waals surface area contributed by atoms with Crippen LogP contribution in [0.1, 0.15) is 24.0 Å². The van der Waals surface area contributed by atoms with Crippen molar-refractivity contribution in [3.8, 4) is 0 Å². The van der Waals surface area contributed by atoms with E-state index in [9.17, 15) is 13.2 Å². The summed E-state index contributed by atoms with van der Waals surface area (Å²) in [4.78, 5) is 0. The third kappa shape index (κ3) is 1.74. The van der Waals surface area contributed by atoms with Crippen LogP contribution in [0.4, 0.5) is 13.2 Å². The number of alkyl halides is 2. The van der Waals surface area contributed by atoms with Crippen molar-refractivity contribution in [3.05, 3.63) is 35.1 Å². The Morgan fingerprint density at radius 2 is 1.87 bits per heavy atom. The van der Waals surface area contributed by atoms with Gasteiger partial charge < -0.3 is 5.73 Å². The molecule has 0 unspecified atom stereocenters. The van der Waals surface area contributed by atoms with Crippen LogP contribution in [0.3, 0.4) is 0 Å². The maximum atomic E-state index is 13.5. The second-order valence-electron chi connectivity index (χ2n) is 4.35. The van der Waals surface area contributed by atoms with E-state index in [0.717, 1.165) is 5.56 Å². The van der Waals surface area contributed by atoms with E-state index in [4.69, 9.17) is 5.73 Å². The van der Waals surface area contributed by atoms with Gasteiger partial charge in [0.2, 0.25) is 0 Å². The number of halogens is 3. The highest BCUT2D eigenvalue weighted by molar-refractivity contribution is 5.32. The van der Waals surface area contributed by atoms with E-state index in [1.54, 1.807) is 13.0 Å². The summed E-state index contributed by atoms with van der Waals surface area (Å²) in [6.07, 6.45) is -0.944. The van der Waals surface area contributed by atoms with Crippen molar-refractivity contribution in [1.82, 2.24) is 0 Å². The van der Waals surface area contributed by atoms with Crippen molar-refractivity contribution in [2.24, 2.45) is 5.73 Å². The van der Waals surface area contributed by atoms with E-state index in [2.05, 4.69) is 0 Å². The van der Waals surface area contributed by atoms with Crippen LogP contribution < -0.4 is 5.73 Å². The first-order valence-electron chi connectivity index (χ1n) is 4.76. The molecule has 1 nitrogen and oxygen atoms in total. The first kappa shape index (κ1) is 10.5. The van der Waals surface area contributed by atoms with Gasteiger partial charge in [0.25, 0.3) is 5.92 Å². The minimum Gasteiger partial charge on any atom is -0.321 e. The Kier molecular flexibility index (Phi) is 2.08. The highest BCUT2D eigenvalue weighted by atomic mass is 19.3. The molecule has 1 aromatic rings. The van der Waals surface area contributed by atoms with Crippen LogP contribution in [-0.4, -0.2) is 5.92 Å². The highest BCUT2D eigenvalue weighted by Gasteiger charge is 2.55. The summed E-state index contributed by atoms with van der Waals surface area (Å²) in [5, 5.41) is 0. The van der Waals surface area contributed by atoms with Gasteiger partial charge in [-0.25, -0.2) is 13.2 Å². The fourth-order valence-corrected chi connectivity index (χ4v) is 2.09. The molecule has 0 amide bonds. The smallest absolute Gasteiger partial charge is 0.252 e. The second kappa shape index (κ2) is 2.98. The van der Waals surface area contributed by atoms with Gasteiger partial charge in [-0.2, -0.15) is 0 Å². The first-order chi connectivity index (χ1) is 6.82. The fraction of sp³-hybridized carbons (Fsp3) is 0.455. The molecule has 1 saturated carbocycles. The zero-order valence-electron chi connectivity index (χ0n) is 8.36. The topological polar surface area (TPSA) is 26.0 Å². The molecule has 0 bridgehead atoms. The standard InChI is InChI=1S/C11H12F3N/c1-7-2-3-8(9(12)4-7)10(15)5-11(13,14)6-10/h2-4H,5-6,15H2,1H3. The molecule has 1 fully saturated rings. The highest BCUT2D eigenvalue weighted by Crippen LogP contribution is 2.50. The van der Waals surface area contributed by atoms with Crippen LogP contribution in [-0.2, 0) is 5.54 Å². The third-order valence-electron chi connectivity index (χ3n) is 2.81. The summed E-state index contributed by atoms with van der Waals surface area (Å²) in [5.41, 5.74) is 5.49. The maximum absolute atomic E-state index is 13.5. The predicted molar refractivity (Wildman–Crippen MR) is 51.2 cm³/mol. The van der Waals surface area contributed by atoms with Crippen molar-refractivity contribution >= 4 is 0 Å². The zero-order valence-corrected chi connectivity index (χ0v) is 8.36. The number of benzene rings is 1. The van der Waals surface area contributed by atoms with Gasteiger partial charge in [0.1, 0.15) is 5.82 Å². The van der Waals surface area contributed by atoms with E-state index >= 15 is 0 Å². The molecule has 1 aliphatic carbocycles. The average molecular weight is 215 g/mol. The number of aryl methyl sites for hydroxylation is 1. The van der Waals surface area contributed by atoms with Gasteiger partial charge in [0.05, 0.1) is 5.54 Å². The van der Waals surface area contributed by atoms with Crippen molar-refractivity contribution in [2.75, 3.05) is 0 Å². The van der Waals surface area contributed by atoms with Gasteiger partial charge in [0.15, 0.2) is 0 Å². The number of nitrogens with two attached hydrogens (primary N) is 1. The van der Waals surface area contributed by atoms with E-state index in [0.29, 0.717) is 0 Å². The first-order valence-corrected chi connectivity index (χ1v) is 4.76. The molecular weight excluding hydrogens is 203 g/mol. The van der Waals surface area contributed by atoms with Gasteiger partial charge in [-0.05, 0) is 18.6 Å². The van der Waals surface area contributed by atoms with Gasteiger partial charge in [-0.1, -0.05) is 12.1 Å². The number of hydrogen-bond acceptors (Lipinski definition) is 1. The second-order valence-corrected chi connectivity index (χ2v) is 4.35. The molecule has 0 atom stereocenters. The van der Waals surface area contributed by atoms with E-state index in [-0.39, 0.29) is 5.56 Å². The monoisotopic (exact) mass is 215 g/mol. The largest absolute Gasteiger partial charge is 0.321 e. The lowest BCUT2D eigenvalue weighted by Crippen LogP contribution is -2.55. The van der Waals surface area contributed by atoms with Gasteiger partial charge in [-0.15, -0.1) is 0 Å². The van der Waals surface area contributed by atoms with E-state index in [1.165, 1.54) is 12.1 Å². The van der Waals surface area contributed by atoms with Crippen LogP contribution in [0.2, 0.25) is 0 Å². The minimum absolute atomic E-state index is 0.194.